The van der Waals surface area contributed by atoms with E-state index < -0.39 is 0 Å². The van der Waals surface area contributed by atoms with E-state index in [4.69, 9.17) is 4.52 Å². The molecule has 0 saturated carbocycles. The standard InChI is InChI=1S/C10H12N4O/c1-14(2)10-12-9(13-15-10)11-8-6-4-3-5-7-8/h3-7H,1-2H3,(H,11,13). The summed E-state index contributed by atoms with van der Waals surface area (Å²) in [5.41, 5.74) is 0.934. The number of rotatable bonds is 3. The zero-order valence-electron chi connectivity index (χ0n) is 8.64. The van der Waals surface area contributed by atoms with E-state index >= 15 is 0 Å². The van der Waals surface area contributed by atoms with Crippen LogP contribution in [0.1, 0.15) is 0 Å². The molecule has 2 rings (SSSR count). The van der Waals surface area contributed by atoms with Crippen molar-refractivity contribution in [3.63, 3.8) is 0 Å². The highest BCUT2D eigenvalue weighted by Crippen LogP contribution is 2.15. The fraction of sp³-hybridized carbons (Fsp3) is 0.200. The third-order valence-electron chi connectivity index (χ3n) is 1.83. The second kappa shape index (κ2) is 4.00. The molecule has 0 aliphatic carbocycles. The molecule has 5 nitrogen and oxygen atoms in total. The van der Waals surface area contributed by atoms with Crippen LogP contribution < -0.4 is 10.2 Å². The number of hydrogen-bond acceptors (Lipinski definition) is 5. The fourth-order valence-electron chi connectivity index (χ4n) is 1.10. The highest BCUT2D eigenvalue weighted by molar-refractivity contribution is 5.53. The van der Waals surface area contributed by atoms with E-state index in [0.29, 0.717) is 12.0 Å². The van der Waals surface area contributed by atoms with Crippen molar-refractivity contribution in [1.29, 1.82) is 0 Å². The lowest BCUT2D eigenvalue weighted by molar-refractivity contribution is 0.423. The third-order valence-corrected chi connectivity index (χ3v) is 1.83. The number of aromatic nitrogens is 2. The van der Waals surface area contributed by atoms with Crippen molar-refractivity contribution in [2.45, 2.75) is 0 Å². The normalized spacial score (nSPS) is 10.0. The van der Waals surface area contributed by atoms with Crippen LogP contribution in [0.15, 0.2) is 34.9 Å². The summed E-state index contributed by atoms with van der Waals surface area (Å²) in [4.78, 5) is 5.90. The van der Waals surface area contributed by atoms with Crippen LogP contribution in [0.4, 0.5) is 17.7 Å². The van der Waals surface area contributed by atoms with Gasteiger partial charge >= 0.3 is 6.01 Å². The summed E-state index contributed by atoms with van der Waals surface area (Å²) in [6.07, 6.45) is 0. The van der Waals surface area contributed by atoms with Gasteiger partial charge in [0, 0.05) is 19.8 Å². The third kappa shape index (κ3) is 2.25. The second-order valence-corrected chi connectivity index (χ2v) is 3.29. The van der Waals surface area contributed by atoms with Gasteiger partial charge in [-0.1, -0.05) is 18.2 Å². The lowest BCUT2D eigenvalue weighted by Crippen LogP contribution is -2.08. The van der Waals surface area contributed by atoms with Crippen LogP contribution in [0, 0.1) is 0 Å². The number of anilines is 3. The van der Waals surface area contributed by atoms with Crippen molar-refractivity contribution in [3.05, 3.63) is 30.3 Å². The molecule has 0 fully saturated rings. The molecule has 1 aromatic heterocycles. The van der Waals surface area contributed by atoms with Crippen LogP contribution in [0.25, 0.3) is 0 Å². The van der Waals surface area contributed by atoms with Gasteiger partial charge in [0.15, 0.2) is 0 Å². The Bertz CT molecular complexity index is 424. The summed E-state index contributed by atoms with van der Waals surface area (Å²) < 4.78 is 5.00. The molecule has 0 amide bonds. The van der Waals surface area contributed by atoms with Crippen LogP contribution in [0.2, 0.25) is 0 Å². The van der Waals surface area contributed by atoms with Crippen LogP contribution in [0.3, 0.4) is 0 Å². The number of nitrogens with zero attached hydrogens (tertiary/aromatic N) is 3. The Morgan fingerprint density at radius 3 is 2.53 bits per heavy atom. The first kappa shape index (κ1) is 9.51. The van der Waals surface area contributed by atoms with Crippen molar-refractivity contribution in [2.24, 2.45) is 0 Å². The summed E-state index contributed by atoms with van der Waals surface area (Å²) >= 11 is 0. The van der Waals surface area contributed by atoms with Crippen molar-refractivity contribution < 1.29 is 4.52 Å². The summed E-state index contributed by atoms with van der Waals surface area (Å²) in [5, 5.41) is 6.83. The summed E-state index contributed by atoms with van der Waals surface area (Å²) in [7, 11) is 3.69. The predicted octanol–water partition coefficient (Wildman–Crippen LogP) is 1.88. The van der Waals surface area contributed by atoms with Gasteiger partial charge in [-0.3, -0.25) is 0 Å². The van der Waals surface area contributed by atoms with Gasteiger partial charge in [0.05, 0.1) is 0 Å². The molecule has 0 saturated heterocycles. The van der Waals surface area contributed by atoms with E-state index in [0.717, 1.165) is 5.69 Å². The lowest BCUT2D eigenvalue weighted by atomic mass is 10.3. The molecule has 0 radical (unpaired) electrons. The SMILES string of the molecule is CN(C)c1nc(Nc2ccccc2)no1. The zero-order valence-corrected chi connectivity index (χ0v) is 8.64. The average molecular weight is 204 g/mol. The molecule has 0 aliphatic rings. The molecule has 78 valence electrons. The maximum Gasteiger partial charge on any atom is 0.325 e. The Hall–Kier alpha value is -2.04. The van der Waals surface area contributed by atoms with Gasteiger partial charge in [-0.2, -0.15) is 4.98 Å². The summed E-state index contributed by atoms with van der Waals surface area (Å²) in [6, 6.07) is 10.2. The fourth-order valence-corrected chi connectivity index (χ4v) is 1.10. The number of nitrogens with one attached hydrogen (secondary N) is 1. The van der Waals surface area contributed by atoms with E-state index in [1.54, 1.807) is 4.90 Å². The molecule has 1 N–H and O–H groups in total. The van der Waals surface area contributed by atoms with Gasteiger partial charge in [-0.05, 0) is 17.3 Å². The van der Waals surface area contributed by atoms with Gasteiger partial charge in [-0.25, -0.2) is 0 Å². The topological polar surface area (TPSA) is 54.2 Å². The van der Waals surface area contributed by atoms with E-state index in [2.05, 4.69) is 15.5 Å². The Balaban J connectivity index is 2.12. The molecule has 0 unspecified atom stereocenters. The Morgan fingerprint density at radius 1 is 1.20 bits per heavy atom. The van der Waals surface area contributed by atoms with Crippen LogP contribution in [-0.2, 0) is 0 Å². The van der Waals surface area contributed by atoms with Gasteiger partial charge in [0.1, 0.15) is 0 Å². The van der Waals surface area contributed by atoms with E-state index in [1.165, 1.54) is 0 Å². The molecule has 0 atom stereocenters. The van der Waals surface area contributed by atoms with Gasteiger partial charge in [0.25, 0.3) is 5.95 Å². The van der Waals surface area contributed by atoms with Crippen LogP contribution >= 0.6 is 0 Å². The van der Waals surface area contributed by atoms with Crippen LogP contribution in [0.5, 0.6) is 0 Å². The minimum Gasteiger partial charge on any atom is -0.330 e. The van der Waals surface area contributed by atoms with E-state index in [-0.39, 0.29) is 0 Å². The molecule has 0 spiro atoms. The average Bonchev–Trinajstić information content (AvgIpc) is 2.68. The minimum absolute atomic E-state index is 0.463. The molecule has 15 heavy (non-hydrogen) atoms. The smallest absolute Gasteiger partial charge is 0.325 e. The predicted molar refractivity (Wildman–Crippen MR) is 58.3 cm³/mol. The zero-order chi connectivity index (χ0) is 10.7. The Labute approximate surface area is 87.7 Å². The first-order valence-electron chi connectivity index (χ1n) is 4.59. The molecule has 1 aromatic carbocycles. The summed E-state index contributed by atoms with van der Waals surface area (Å²) in [5.74, 6) is 0.463. The molecule has 5 heteroatoms. The summed E-state index contributed by atoms with van der Waals surface area (Å²) in [6.45, 7) is 0. The van der Waals surface area contributed by atoms with Gasteiger partial charge < -0.3 is 14.7 Å². The first-order chi connectivity index (χ1) is 7.25. The molecule has 0 aliphatic heterocycles. The van der Waals surface area contributed by atoms with Crippen molar-refractivity contribution >= 4 is 17.7 Å². The molecular formula is C10H12N4O. The first-order valence-corrected chi connectivity index (χ1v) is 4.59. The molecule has 0 bridgehead atoms. The minimum atomic E-state index is 0.463. The Kier molecular flexibility index (Phi) is 2.53. The number of hydrogen-bond donors (Lipinski definition) is 1. The molecular weight excluding hydrogens is 192 g/mol. The van der Waals surface area contributed by atoms with E-state index in [9.17, 15) is 0 Å². The quantitative estimate of drug-likeness (QED) is 0.827. The maximum absolute atomic E-state index is 5.00. The van der Waals surface area contributed by atoms with Gasteiger partial charge in [0.2, 0.25) is 0 Å². The molecule has 2 aromatic rings. The highest BCUT2D eigenvalue weighted by Gasteiger charge is 2.06. The van der Waals surface area contributed by atoms with E-state index in [1.807, 2.05) is 44.4 Å². The largest absolute Gasteiger partial charge is 0.330 e. The molecule has 1 heterocycles. The Morgan fingerprint density at radius 2 is 1.93 bits per heavy atom. The lowest BCUT2D eigenvalue weighted by Gasteiger charge is -2.02. The second-order valence-electron chi connectivity index (χ2n) is 3.29. The monoisotopic (exact) mass is 204 g/mol. The van der Waals surface area contributed by atoms with Crippen LogP contribution in [-0.4, -0.2) is 24.2 Å². The number of para-hydroxylation sites is 1. The maximum atomic E-state index is 5.00. The van der Waals surface area contributed by atoms with Gasteiger partial charge in [-0.15, -0.1) is 0 Å². The van der Waals surface area contributed by atoms with Crippen molar-refractivity contribution in [1.82, 2.24) is 10.1 Å². The highest BCUT2D eigenvalue weighted by atomic mass is 16.5. The van der Waals surface area contributed by atoms with Crippen molar-refractivity contribution in [3.8, 4) is 0 Å². The van der Waals surface area contributed by atoms with Crippen molar-refractivity contribution in [2.75, 3.05) is 24.3 Å². The number of benzene rings is 1.